The molecule has 0 fully saturated rings. The molecule has 2 aromatic heterocycles. The Hall–Kier alpha value is -4.62. The molecule has 0 saturated heterocycles. The Morgan fingerprint density at radius 1 is 0.885 bits per heavy atom. The highest BCUT2D eigenvalue weighted by atomic mass is 32.1. The number of amides is 4. The number of hydrogen-bond donors (Lipinski definition) is 3. The summed E-state index contributed by atoms with van der Waals surface area (Å²) >= 11 is 2.99. The number of ether oxygens (including phenoxy) is 1. The van der Waals surface area contributed by atoms with Crippen LogP contribution in [0.5, 0.6) is 0 Å². The molecule has 0 spiro atoms. The second-order valence-electron chi connectivity index (χ2n) is 13.3. The lowest BCUT2D eigenvalue weighted by Gasteiger charge is -2.26. The molecule has 3 atom stereocenters. The maximum Gasteiger partial charge on any atom is 0.407 e. The summed E-state index contributed by atoms with van der Waals surface area (Å²) in [6.07, 6.45) is 4.13. The van der Waals surface area contributed by atoms with Gasteiger partial charge in [-0.25, -0.2) is 14.6 Å². The molecule has 13 heteroatoms. The SMILES string of the molecule is CC(=O)NCCC(NC(=O)N(C)Cc1csc(C(C)C)n1)C(=O)CC(CCC(Cc1ccccc1)NC(=O)OCc1cncs1)Cc1ccccc1. The lowest BCUT2D eigenvalue weighted by molar-refractivity contribution is -0.123. The van der Waals surface area contributed by atoms with Crippen molar-refractivity contribution in [1.82, 2.24) is 30.8 Å². The van der Waals surface area contributed by atoms with Gasteiger partial charge in [0, 0.05) is 50.5 Å². The molecule has 3 N–H and O–H groups in total. The van der Waals surface area contributed by atoms with E-state index in [1.165, 1.54) is 23.2 Å². The first-order valence-electron chi connectivity index (χ1n) is 17.7. The highest BCUT2D eigenvalue weighted by Gasteiger charge is 2.27. The standard InChI is InChI=1S/C39H50N6O5S2/c1-27(2)37-42-33(25-51-37)23-45(4)38(48)44-35(17-18-41-28(3)46)36(47)21-31(19-29-11-7-5-8-12-29)15-16-32(20-30-13-9-6-10-14-30)43-39(49)50-24-34-22-40-26-52-34/h5-14,22,25-27,31-32,35H,15-21,23-24H2,1-4H3,(H,41,46)(H,43,49)(H,44,48). The minimum absolute atomic E-state index is 0.0782. The summed E-state index contributed by atoms with van der Waals surface area (Å²) in [5, 5.41) is 11.7. The van der Waals surface area contributed by atoms with Crippen molar-refractivity contribution in [2.75, 3.05) is 13.6 Å². The lowest BCUT2D eigenvalue weighted by atomic mass is 9.86. The first-order chi connectivity index (χ1) is 25.0. The molecule has 2 aromatic carbocycles. The third-order valence-electron chi connectivity index (χ3n) is 8.56. The molecule has 0 radical (unpaired) electrons. The normalized spacial score (nSPS) is 12.8. The Morgan fingerprint density at radius 2 is 1.58 bits per heavy atom. The first-order valence-corrected chi connectivity index (χ1v) is 19.4. The van der Waals surface area contributed by atoms with Gasteiger partial charge in [0.05, 0.1) is 33.7 Å². The van der Waals surface area contributed by atoms with Gasteiger partial charge >= 0.3 is 12.1 Å². The van der Waals surface area contributed by atoms with Crippen LogP contribution in [0.3, 0.4) is 0 Å². The number of nitrogens with one attached hydrogen (secondary N) is 3. The average molecular weight is 747 g/mol. The highest BCUT2D eigenvalue weighted by Crippen LogP contribution is 2.23. The van der Waals surface area contributed by atoms with Crippen LogP contribution in [0.25, 0.3) is 0 Å². The minimum atomic E-state index is -0.804. The van der Waals surface area contributed by atoms with Crippen molar-refractivity contribution in [3.8, 4) is 0 Å². The molecule has 3 unspecified atom stereocenters. The fourth-order valence-electron chi connectivity index (χ4n) is 5.81. The van der Waals surface area contributed by atoms with Crippen LogP contribution in [0.4, 0.5) is 9.59 Å². The molecular weight excluding hydrogens is 697 g/mol. The van der Waals surface area contributed by atoms with Gasteiger partial charge in [-0.1, -0.05) is 74.5 Å². The Balaban J connectivity index is 1.46. The number of hydrogen-bond acceptors (Lipinski definition) is 9. The van der Waals surface area contributed by atoms with Crippen LogP contribution in [0.2, 0.25) is 0 Å². The van der Waals surface area contributed by atoms with Gasteiger partial charge in [-0.2, -0.15) is 0 Å². The summed E-state index contributed by atoms with van der Waals surface area (Å²) in [6, 6.07) is 18.5. The van der Waals surface area contributed by atoms with Gasteiger partial charge in [0.25, 0.3) is 0 Å². The number of alkyl carbamates (subject to hydrolysis) is 1. The van der Waals surface area contributed by atoms with Crippen molar-refractivity contribution < 1.29 is 23.9 Å². The van der Waals surface area contributed by atoms with Gasteiger partial charge in [0.15, 0.2) is 5.78 Å². The molecule has 0 aliphatic rings. The van der Waals surface area contributed by atoms with Crippen LogP contribution >= 0.6 is 22.7 Å². The molecule has 0 saturated carbocycles. The second kappa shape index (κ2) is 21.0. The molecule has 0 bridgehead atoms. The zero-order chi connectivity index (χ0) is 37.3. The van der Waals surface area contributed by atoms with E-state index in [1.807, 2.05) is 66.0 Å². The number of benzene rings is 2. The van der Waals surface area contributed by atoms with E-state index in [1.54, 1.807) is 30.1 Å². The molecule has 11 nitrogen and oxygen atoms in total. The Labute approximate surface area is 314 Å². The first kappa shape index (κ1) is 40.2. The summed E-state index contributed by atoms with van der Waals surface area (Å²) in [5.41, 5.74) is 4.66. The summed E-state index contributed by atoms with van der Waals surface area (Å²) in [5.74, 6) is -0.0978. The second-order valence-corrected chi connectivity index (χ2v) is 15.2. The van der Waals surface area contributed by atoms with E-state index in [0.29, 0.717) is 38.1 Å². The number of Topliss-reactive ketones (excluding diaryl/α,β-unsaturated/α-hetero) is 1. The fraction of sp³-hybridized carbons (Fsp3) is 0.436. The Morgan fingerprint density at radius 3 is 2.19 bits per heavy atom. The molecule has 52 heavy (non-hydrogen) atoms. The maximum atomic E-state index is 14.1. The maximum absolute atomic E-state index is 14.1. The van der Waals surface area contributed by atoms with Crippen LogP contribution < -0.4 is 16.0 Å². The van der Waals surface area contributed by atoms with Gasteiger partial charge < -0.3 is 25.6 Å². The van der Waals surface area contributed by atoms with E-state index in [0.717, 1.165) is 26.7 Å². The molecule has 4 rings (SSSR count). The van der Waals surface area contributed by atoms with Crippen LogP contribution in [0.15, 0.2) is 77.8 Å². The Bertz CT molecular complexity index is 1680. The molecule has 4 aromatic rings. The molecule has 4 amide bonds. The van der Waals surface area contributed by atoms with Crippen molar-refractivity contribution in [3.63, 3.8) is 0 Å². The largest absolute Gasteiger partial charge is 0.444 e. The molecule has 0 aliphatic carbocycles. The van der Waals surface area contributed by atoms with Gasteiger partial charge in [-0.05, 0) is 49.1 Å². The van der Waals surface area contributed by atoms with Crippen LogP contribution in [-0.2, 0) is 40.3 Å². The molecule has 278 valence electrons. The van der Waals surface area contributed by atoms with E-state index >= 15 is 0 Å². The zero-order valence-electron chi connectivity index (χ0n) is 30.4. The smallest absolute Gasteiger partial charge is 0.407 e. The van der Waals surface area contributed by atoms with Gasteiger partial charge in [0.1, 0.15) is 6.61 Å². The molecule has 2 heterocycles. The van der Waals surface area contributed by atoms with Gasteiger partial charge in [0.2, 0.25) is 5.91 Å². The molecular formula is C39H50N6O5S2. The highest BCUT2D eigenvalue weighted by molar-refractivity contribution is 7.09. The number of nitrogens with zero attached hydrogens (tertiary/aromatic N) is 3. The Kier molecular flexibility index (Phi) is 16.2. The quantitative estimate of drug-likeness (QED) is 0.0894. The predicted octanol–water partition coefficient (Wildman–Crippen LogP) is 6.90. The number of rotatable bonds is 20. The van der Waals surface area contributed by atoms with Crippen molar-refractivity contribution in [2.45, 2.75) is 90.4 Å². The summed E-state index contributed by atoms with van der Waals surface area (Å²) < 4.78 is 5.50. The van der Waals surface area contributed by atoms with Crippen LogP contribution in [0, 0.1) is 5.92 Å². The van der Waals surface area contributed by atoms with E-state index in [9.17, 15) is 19.2 Å². The number of urea groups is 1. The van der Waals surface area contributed by atoms with Crippen molar-refractivity contribution in [2.24, 2.45) is 5.92 Å². The van der Waals surface area contributed by atoms with Gasteiger partial charge in [-0.3, -0.25) is 14.6 Å². The van der Waals surface area contributed by atoms with Crippen LogP contribution in [0.1, 0.15) is 79.1 Å². The predicted molar refractivity (Wildman–Crippen MR) is 205 cm³/mol. The fourth-order valence-corrected chi connectivity index (χ4v) is 7.14. The lowest BCUT2D eigenvalue weighted by Crippen LogP contribution is -2.48. The van der Waals surface area contributed by atoms with Crippen molar-refractivity contribution in [3.05, 3.63) is 104 Å². The topological polar surface area (TPSA) is 143 Å². The third kappa shape index (κ3) is 14.2. The summed E-state index contributed by atoms with van der Waals surface area (Å²) in [7, 11) is 1.68. The van der Waals surface area contributed by atoms with Gasteiger partial charge in [-0.15, -0.1) is 22.7 Å². The van der Waals surface area contributed by atoms with E-state index in [-0.39, 0.29) is 55.7 Å². The summed E-state index contributed by atoms with van der Waals surface area (Å²) in [4.78, 5) is 63.1. The number of ketones is 1. The zero-order valence-corrected chi connectivity index (χ0v) is 32.0. The van der Waals surface area contributed by atoms with E-state index < -0.39 is 12.1 Å². The monoisotopic (exact) mass is 746 g/mol. The van der Waals surface area contributed by atoms with E-state index in [4.69, 9.17) is 4.74 Å². The number of carbonyl (C=O) groups is 4. The summed E-state index contributed by atoms with van der Waals surface area (Å²) in [6.45, 7) is 6.27. The number of carbonyl (C=O) groups excluding carboxylic acids is 4. The van der Waals surface area contributed by atoms with Crippen LogP contribution in [-0.4, -0.2) is 64.4 Å². The van der Waals surface area contributed by atoms with Crippen molar-refractivity contribution >= 4 is 46.5 Å². The van der Waals surface area contributed by atoms with E-state index in [2.05, 4.69) is 39.8 Å². The average Bonchev–Trinajstić information content (AvgIpc) is 3.83. The minimum Gasteiger partial charge on any atom is -0.444 e. The molecule has 0 aliphatic heterocycles. The number of aromatic nitrogens is 2. The van der Waals surface area contributed by atoms with Crippen molar-refractivity contribution in [1.29, 1.82) is 0 Å². The third-order valence-corrected chi connectivity index (χ3v) is 10.5. The number of thiazole rings is 2.